The average Bonchev–Trinajstić information content (AvgIpc) is 2.32. The Morgan fingerprint density at radius 1 is 1.20 bits per heavy atom. The molecule has 1 amide bonds. The van der Waals surface area contributed by atoms with Crippen LogP contribution >= 0.6 is 0 Å². The minimum atomic E-state index is -3.14. The molecule has 0 saturated heterocycles. The normalized spacial score (nSPS) is 22.6. The molecule has 1 fully saturated rings. The van der Waals surface area contributed by atoms with Crippen LogP contribution in [0.3, 0.4) is 0 Å². The smallest absolute Gasteiger partial charge is 0.329 e. The molecule has 0 aromatic rings. The van der Waals surface area contributed by atoms with Gasteiger partial charge in [0.2, 0.25) is 5.91 Å². The van der Waals surface area contributed by atoms with Crippen molar-refractivity contribution in [2.24, 2.45) is 17.8 Å². The van der Waals surface area contributed by atoms with Gasteiger partial charge in [-0.25, -0.2) is 13.2 Å². The number of carbonyl (C=O) groups excluding carboxylic acids is 2. The first-order valence-electron chi connectivity index (χ1n) is 8.59. The quantitative estimate of drug-likeness (QED) is 0.668. The summed E-state index contributed by atoms with van der Waals surface area (Å²) in [4.78, 5) is 26.6. The summed E-state index contributed by atoms with van der Waals surface area (Å²) < 4.78 is 27.7. The molecule has 144 valence electrons. The molecule has 0 aliphatic heterocycles. The number of esters is 1. The Hall–Kier alpha value is -1.37. The van der Waals surface area contributed by atoms with Crippen LogP contribution in [0.2, 0.25) is 0 Å². The lowest BCUT2D eigenvalue weighted by Crippen LogP contribution is -2.51. The van der Waals surface area contributed by atoms with Gasteiger partial charge >= 0.3 is 5.97 Å². The van der Waals surface area contributed by atoms with E-state index in [1.807, 2.05) is 13.8 Å². The number of allylic oxidation sites excluding steroid dienone is 1. The SMILES string of the molecule is CC(C)[C@@H](C(=O)OC(C)(C)C)N(C)C(=O)C1CC(/C=C/S(C)(=O)=O)C1. The van der Waals surface area contributed by atoms with E-state index in [0.717, 1.165) is 6.26 Å². The highest BCUT2D eigenvalue weighted by Gasteiger charge is 2.40. The molecule has 25 heavy (non-hydrogen) atoms. The standard InChI is InChI=1S/C18H31NO5S/c1-12(2)15(17(21)24-18(3,4)5)19(6)16(20)14-10-13(11-14)8-9-25(7,22)23/h8-9,12-15H,10-11H2,1-7H3/b9-8+/t13?,14?,15-/m0/s1. The Labute approximate surface area is 151 Å². The number of rotatable bonds is 6. The van der Waals surface area contributed by atoms with E-state index in [0.29, 0.717) is 12.8 Å². The van der Waals surface area contributed by atoms with Gasteiger partial charge in [-0.3, -0.25) is 4.79 Å². The number of ether oxygens (including phenoxy) is 1. The number of carbonyl (C=O) groups is 2. The van der Waals surface area contributed by atoms with E-state index in [9.17, 15) is 18.0 Å². The van der Waals surface area contributed by atoms with Gasteiger partial charge in [0.1, 0.15) is 11.6 Å². The van der Waals surface area contributed by atoms with Crippen LogP contribution in [0.25, 0.3) is 0 Å². The van der Waals surface area contributed by atoms with Gasteiger partial charge in [0.05, 0.1) is 0 Å². The monoisotopic (exact) mass is 373 g/mol. The van der Waals surface area contributed by atoms with Gasteiger partial charge in [-0.15, -0.1) is 0 Å². The molecule has 6 nitrogen and oxygen atoms in total. The van der Waals surface area contributed by atoms with Gasteiger partial charge in [0.15, 0.2) is 9.84 Å². The molecule has 0 bridgehead atoms. The Kier molecular flexibility index (Phi) is 6.84. The van der Waals surface area contributed by atoms with Crippen molar-refractivity contribution in [2.45, 2.75) is 59.1 Å². The van der Waals surface area contributed by atoms with E-state index in [-0.39, 0.29) is 23.7 Å². The van der Waals surface area contributed by atoms with E-state index in [1.54, 1.807) is 33.9 Å². The molecule has 0 unspecified atom stereocenters. The summed E-state index contributed by atoms with van der Waals surface area (Å²) in [6, 6.07) is -0.627. The second-order valence-corrected chi connectivity index (χ2v) is 10.2. The van der Waals surface area contributed by atoms with Crippen molar-refractivity contribution in [2.75, 3.05) is 13.3 Å². The van der Waals surface area contributed by atoms with Crippen molar-refractivity contribution in [1.29, 1.82) is 0 Å². The lowest BCUT2D eigenvalue weighted by Gasteiger charge is -2.38. The van der Waals surface area contributed by atoms with Gasteiger partial charge < -0.3 is 9.64 Å². The summed E-state index contributed by atoms with van der Waals surface area (Å²) in [6.45, 7) is 9.17. The second kappa shape index (κ2) is 7.89. The van der Waals surface area contributed by atoms with Gasteiger partial charge in [-0.2, -0.15) is 0 Å². The number of hydrogen-bond donors (Lipinski definition) is 0. The minimum absolute atomic E-state index is 0.0650. The molecular formula is C18H31NO5S. The maximum Gasteiger partial charge on any atom is 0.329 e. The summed E-state index contributed by atoms with van der Waals surface area (Å²) in [7, 11) is -1.50. The number of likely N-dealkylation sites (N-methyl/N-ethyl adjacent to an activating group) is 1. The maximum absolute atomic E-state index is 12.7. The first kappa shape index (κ1) is 21.7. The van der Waals surface area contributed by atoms with Crippen LogP contribution in [0.15, 0.2) is 11.5 Å². The number of hydrogen-bond acceptors (Lipinski definition) is 5. The lowest BCUT2D eigenvalue weighted by atomic mass is 9.74. The zero-order chi connectivity index (χ0) is 19.6. The van der Waals surface area contributed by atoms with E-state index < -0.39 is 27.4 Å². The third kappa shape index (κ3) is 6.80. The Balaban J connectivity index is 2.71. The highest BCUT2D eigenvalue weighted by molar-refractivity contribution is 7.93. The molecule has 0 aromatic carbocycles. The number of amides is 1. The van der Waals surface area contributed by atoms with Crippen molar-refractivity contribution >= 4 is 21.7 Å². The third-order valence-corrected chi connectivity index (χ3v) is 4.82. The van der Waals surface area contributed by atoms with Crippen LogP contribution in [0.5, 0.6) is 0 Å². The third-order valence-electron chi connectivity index (χ3n) is 4.17. The van der Waals surface area contributed by atoms with Crippen molar-refractivity contribution in [3.05, 3.63) is 11.5 Å². The fourth-order valence-electron chi connectivity index (χ4n) is 2.94. The molecule has 1 aliphatic rings. The molecule has 1 saturated carbocycles. The van der Waals surface area contributed by atoms with Crippen LogP contribution in [-0.2, 0) is 24.2 Å². The first-order chi connectivity index (χ1) is 11.2. The fraction of sp³-hybridized carbons (Fsp3) is 0.778. The molecule has 0 heterocycles. The Morgan fingerprint density at radius 3 is 2.12 bits per heavy atom. The molecule has 0 N–H and O–H groups in total. The van der Waals surface area contributed by atoms with E-state index in [1.165, 1.54) is 10.3 Å². The van der Waals surface area contributed by atoms with E-state index in [2.05, 4.69) is 0 Å². The van der Waals surface area contributed by atoms with Crippen molar-refractivity contribution < 1.29 is 22.7 Å². The maximum atomic E-state index is 12.7. The zero-order valence-electron chi connectivity index (χ0n) is 16.3. The summed E-state index contributed by atoms with van der Waals surface area (Å²) in [6.07, 6.45) is 4.00. The van der Waals surface area contributed by atoms with Gasteiger partial charge in [-0.05, 0) is 45.4 Å². The highest BCUT2D eigenvalue weighted by atomic mass is 32.2. The molecule has 1 rings (SSSR count). The summed E-state index contributed by atoms with van der Waals surface area (Å²) in [5.41, 5.74) is -0.605. The average molecular weight is 374 g/mol. The Morgan fingerprint density at radius 2 is 1.72 bits per heavy atom. The molecule has 1 atom stereocenters. The molecule has 1 aliphatic carbocycles. The van der Waals surface area contributed by atoms with Crippen molar-refractivity contribution in [1.82, 2.24) is 4.90 Å². The first-order valence-corrected chi connectivity index (χ1v) is 10.5. The minimum Gasteiger partial charge on any atom is -0.458 e. The van der Waals surface area contributed by atoms with Crippen LogP contribution in [0.1, 0.15) is 47.5 Å². The summed E-state index contributed by atoms with van der Waals surface area (Å²) in [5.74, 6) is -0.636. The van der Waals surface area contributed by atoms with Crippen molar-refractivity contribution in [3.8, 4) is 0 Å². The number of sulfone groups is 1. The van der Waals surface area contributed by atoms with Gasteiger partial charge in [-0.1, -0.05) is 19.9 Å². The Bertz CT molecular complexity index is 624. The van der Waals surface area contributed by atoms with E-state index >= 15 is 0 Å². The second-order valence-electron chi connectivity index (χ2n) is 8.26. The zero-order valence-corrected chi connectivity index (χ0v) is 17.1. The van der Waals surface area contributed by atoms with Crippen LogP contribution in [0.4, 0.5) is 0 Å². The van der Waals surface area contributed by atoms with Gasteiger partial charge in [0.25, 0.3) is 0 Å². The van der Waals surface area contributed by atoms with Crippen LogP contribution < -0.4 is 0 Å². The highest BCUT2D eigenvalue weighted by Crippen LogP contribution is 2.36. The van der Waals surface area contributed by atoms with E-state index in [4.69, 9.17) is 4.74 Å². The van der Waals surface area contributed by atoms with Crippen LogP contribution in [0, 0.1) is 17.8 Å². The molecular weight excluding hydrogens is 342 g/mol. The lowest BCUT2D eigenvalue weighted by molar-refractivity contribution is -0.167. The molecule has 7 heteroatoms. The molecule has 0 spiro atoms. The molecule has 0 aromatic heterocycles. The predicted molar refractivity (Wildman–Crippen MR) is 97.4 cm³/mol. The summed E-state index contributed by atoms with van der Waals surface area (Å²) in [5, 5.41) is 1.19. The largest absolute Gasteiger partial charge is 0.458 e. The molecule has 0 radical (unpaired) electrons. The topological polar surface area (TPSA) is 80.8 Å². The number of nitrogens with zero attached hydrogens (tertiary/aromatic N) is 1. The van der Waals surface area contributed by atoms with Gasteiger partial charge in [0, 0.05) is 24.6 Å². The van der Waals surface area contributed by atoms with Crippen LogP contribution in [-0.4, -0.2) is 50.1 Å². The fourth-order valence-corrected chi connectivity index (χ4v) is 3.45. The van der Waals surface area contributed by atoms with Crippen molar-refractivity contribution in [3.63, 3.8) is 0 Å². The summed E-state index contributed by atoms with van der Waals surface area (Å²) >= 11 is 0. The predicted octanol–water partition coefficient (Wildman–Crippen LogP) is 2.40.